The molecule has 2 aliphatic heterocycles. The molecule has 0 radical (unpaired) electrons. The minimum absolute atomic E-state index is 0.0589. The quantitative estimate of drug-likeness (QED) is 0.682. The van der Waals surface area contributed by atoms with Crippen LogP contribution in [0.2, 0.25) is 0 Å². The summed E-state index contributed by atoms with van der Waals surface area (Å²) >= 11 is 0. The fraction of sp³-hybridized carbons (Fsp3) is 0.739. The molecule has 166 valence electrons. The van der Waals surface area contributed by atoms with Crippen LogP contribution in [-0.4, -0.2) is 89.6 Å². The van der Waals surface area contributed by atoms with Crippen LogP contribution in [0.1, 0.15) is 49.0 Å². The normalized spacial score (nSPS) is 23.0. The number of likely N-dealkylation sites (N-methyl/N-ethyl adjacent to an activating group) is 1. The van der Waals surface area contributed by atoms with Crippen LogP contribution in [0.4, 0.5) is 0 Å². The third-order valence-corrected chi connectivity index (χ3v) is 6.97. The van der Waals surface area contributed by atoms with Gasteiger partial charge in [-0.3, -0.25) is 14.5 Å². The van der Waals surface area contributed by atoms with E-state index >= 15 is 0 Å². The first kappa shape index (κ1) is 21.4. The predicted molar refractivity (Wildman–Crippen MR) is 115 cm³/mol. The number of carbonyl (C=O) groups excluding carboxylic acids is 2. The highest BCUT2D eigenvalue weighted by atomic mass is 16.5. The van der Waals surface area contributed by atoms with E-state index < -0.39 is 0 Å². The Labute approximate surface area is 179 Å². The topological polar surface area (TPSA) is 58.0 Å². The molecule has 1 aromatic rings. The van der Waals surface area contributed by atoms with Gasteiger partial charge in [0.05, 0.1) is 0 Å². The van der Waals surface area contributed by atoms with E-state index in [1.807, 2.05) is 41.9 Å². The van der Waals surface area contributed by atoms with Gasteiger partial charge in [0.2, 0.25) is 5.91 Å². The summed E-state index contributed by atoms with van der Waals surface area (Å²) in [6.45, 7) is 4.87. The van der Waals surface area contributed by atoms with Crippen LogP contribution in [0.15, 0.2) is 18.3 Å². The smallest absolute Gasteiger partial charge is 0.270 e. The second-order valence-corrected chi connectivity index (χ2v) is 9.17. The Hall–Kier alpha value is -1.86. The van der Waals surface area contributed by atoms with E-state index in [0.29, 0.717) is 30.2 Å². The first-order valence-corrected chi connectivity index (χ1v) is 11.5. The Kier molecular flexibility index (Phi) is 6.78. The van der Waals surface area contributed by atoms with Gasteiger partial charge in [-0.15, -0.1) is 0 Å². The SMILES string of the molecule is CN(CCN(C1CCOCC1)C1CCCN(C(=O)C2CC2)C1)C(=O)c1cccn1C. The zero-order valence-corrected chi connectivity index (χ0v) is 18.5. The number of aromatic nitrogens is 1. The molecule has 7 nitrogen and oxygen atoms in total. The van der Waals surface area contributed by atoms with Gasteiger partial charge in [0.15, 0.2) is 0 Å². The number of piperidine rings is 1. The van der Waals surface area contributed by atoms with Crippen LogP contribution >= 0.6 is 0 Å². The molecule has 1 aliphatic carbocycles. The average molecular weight is 417 g/mol. The Bertz CT molecular complexity index is 739. The van der Waals surface area contributed by atoms with Crippen molar-refractivity contribution in [1.82, 2.24) is 19.3 Å². The number of rotatable bonds is 7. The molecule has 1 aromatic heterocycles. The minimum Gasteiger partial charge on any atom is -0.381 e. The maximum Gasteiger partial charge on any atom is 0.270 e. The van der Waals surface area contributed by atoms with E-state index in [1.165, 1.54) is 0 Å². The lowest BCUT2D eigenvalue weighted by Crippen LogP contribution is -2.55. The first-order valence-electron chi connectivity index (χ1n) is 11.5. The summed E-state index contributed by atoms with van der Waals surface area (Å²) in [7, 11) is 3.80. The Morgan fingerprint density at radius 3 is 2.53 bits per heavy atom. The average Bonchev–Trinajstić information content (AvgIpc) is 3.54. The molecule has 3 heterocycles. The van der Waals surface area contributed by atoms with Gasteiger partial charge >= 0.3 is 0 Å². The molecule has 2 amide bonds. The number of ether oxygens (including phenoxy) is 1. The van der Waals surface area contributed by atoms with Crippen LogP contribution < -0.4 is 0 Å². The predicted octanol–water partition coefficient (Wildman–Crippen LogP) is 1.98. The molecule has 4 rings (SSSR count). The van der Waals surface area contributed by atoms with Gasteiger partial charge in [0.1, 0.15) is 5.69 Å². The molecular weight excluding hydrogens is 380 g/mol. The fourth-order valence-electron chi connectivity index (χ4n) is 4.94. The van der Waals surface area contributed by atoms with E-state index in [9.17, 15) is 9.59 Å². The second-order valence-electron chi connectivity index (χ2n) is 9.17. The summed E-state index contributed by atoms with van der Waals surface area (Å²) in [6, 6.07) is 4.63. The maximum atomic E-state index is 12.8. The van der Waals surface area contributed by atoms with Crippen molar-refractivity contribution >= 4 is 11.8 Å². The highest BCUT2D eigenvalue weighted by molar-refractivity contribution is 5.92. The van der Waals surface area contributed by atoms with Crippen molar-refractivity contribution in [2.45, 2.75) is 50.6 Å². The number of hydrogen-bond acceptors (Lipinski definition) is 4. The fourth-order valence-corrected chi connectivity index (χ4v) is 4.94. The van der Waals surface area contributed by atoms with Gasteiger partial charge in [-0.1, -0.05) is 0 Å². The van der Waals surface area contributed by atoms with Crippen LogP contribution in [-0.2, 0) is 16.6 Å². The highest BCUT2D eigenvalue weighted by Crippen LogP contribution is 2.33. The minimum atomic E-state index is 0.0589. The monoisotopic (exact) mass is 416 g/mol. The van der Waals surface area contributed by atoms with E-state index in [2.05, 4.69) is 9.80 Å². The van der Waals surface area contributed by atoms with Gasteiger partial charge in [-0.2, -0.15) is 0 Å². The molecule has 1 saturated carbocycles. The lowest BCUT2D eigenvalue weighted by molar-refractivity contribution is -0.135. The van der Waals surface area contributed by atoms with Crippen LogP contribution in [0.25, 0.3) is 0 Å². The van der Waals surface area contributed by atoms with Crippen molar-refractivity contribution in [3.05, 3.63) is 24.0 Å². The van der Waals surface area contributed by atoms with E-state index in [0.717, 1.165) is 71.4 Å². The third kappa shape index (κ3) is 4.89. The number of hydrogen-bond donors (Lipinski definition) is 0. The van der Waals surface area contributed by atoms with Crippen LogP contribution in [0.5, 0.6) is 0 Å². The Morgan fingerprint density at radius 2 is 1.87 bits per heavy atom. The Balaban J connectivity index is 1.41. The molecule has 1 atom stereocenters. The number of aryl methyl sites for hydroxylation is 1. The van der Waals surface area contributed by atoms with Crippen molar-refractivity contribution in [3.8, 4) is 0 Å². The molecule has 0 N–H and O–H groups in total. The third-order valence-electron chi connectivity index (χ3n) is 6.97. The van der Waals surface area contributed by atoms with E-state index in [4.69, 9.17) is 4.74 Å². The molecule has 3 aliphatic rings. The molecule has 0 bridgehead atoms. The molecule has 3 fully saturated rings. The van der Waals surface area contributed by atoms with Crippen LogP contribution in [0.3, 0.4) is 0 Å². The Morgan fingerprint density at radius 1 is 1.10 bits per heavy atom. The summed E-state index contributed by atoms with van der Waals surface area (Å²) in [5.41, 5.74) is 0.717. The van der Waals surface area contributed by atoms with Crippen molar-refractivity contribution in [2.75, 3.05) is 46.4 Å². The summed E-state index contributed by atoms with van der Waals surface area (Å²) in [5, 5.41) is 0. The van der Waals surface area contributed by atoms with Crippen LogP contribution in [0, 0.1) is 5.92 Å². The van der Waals surface area contributed by atoms with Gasteiger partial charge < -0.3 is 19.1 Å². The maximum absolute atomic E-state index is 12.8. The number of nitrogens with zero attached hydrogens (tertiary/aromatic N) is 4. The number of carbonyl (C=O) groups is 2. The molecule has 1 unspecified atom stereocenters. The lowest BCUT2D eigenvalue weighted by Gasteiger charge is -2.44. The summed E-state index contributed by atoms with van der Waals surface area (Å²) < 4.78 is 7.48. The van der Waals surface area contributed by atoms with Crippen molar-refractivity contribution in [2.24, 2.45) is 13.0 Å². The first-order chi connectivity index (χ1) is 14.5. The van der Waals surface area contributed by atoms with E-state index in [-0.39, 0.29) is 11.8 Å². The number of likely N-dealkylation sites (tertiary alicyclic amines) is 1. The summed E-state index contributed by atoms with van der Waals surface area (Å²) in [6.07, 6.45) is 8.29. The van der Waals surface area contributed by atoms with Crippen molar-refractivity contribution < 1.29 is 14.3 Å². The zero-order chi connectivity index (χ0) is 21.1. The molecule has 2 saturated heterocycles. The summed E-state index contributed by atoms with van der Waals surface area (Å²) in [5.74, 6) is 0.709. The molecule has 0 spiro atoms. The van der Waals surface area contributed by atoms with Gasteiger partial charge in [-0.05, 0) is 50.7 Å². The molecule has 7 heteroatoms. The summed E-state index contributed by atoms with van der Waals surface area (Å²) in [4.78, 5) is 32.0. The standard InChI is InChI=1S/C23H36N4O3/c1-24-11-4-6-21(24)23(29)25(2)13-14-27(19-9-15-30-16-10-19)20-5-3-12-26(17-20)22(28)18-7-8-18/h4,6,11,18-20H,3,5,7-10,12-17H2,1-2H3. The van der Waals surface area contributed by atoms with E-state index in [1.54, 1.807) is 0 Å². The second kappa shape index (κ2) is 9.52. The van der Waals surface area contributed by atoms with Gasteiger partial charge in [0, 0.05) is 77.7 Å². The molecule has 30 heavy (non-hydrogen) atoms. The molecule has 0 aromatic carbocycles. The largest absolute Gasteiger partial charge is 0.381 e. The zero-order valence-electron chi connectivity index (χ0n) is 18.5. The van der Waals surface area contributed by atoms with Crippen molar-refractivity contribution in [3.63, 3.8) is 0 Å². The molecular formula is C23H36N4O3. The lowest BCUT2D eigenvalue weighted by atomic mass is 9.98. The van der Waals surface area contributed by atoms with Crippen molar-refractivity contribution in [1.29, 1.82) is 0 Å². The van der Waals surface area contributed by atoms with Gasteiger partial charge in [0.25, 0.3) is 5.91 Å². The van der Waals surface area contributed by atoms with Gasteiger partial charge in [-0.25, -0.2) is 0 Å². The highest BCUT2D eigenvalue weighted by Gasteiger charge is 2.38. The number of amides is 2.